The topological polar surface area (TPSA) is 50.6 Å². The molecule has 0 saturated carbocycles. The Labute approximate surface area is 158 Å². The molecule has 6 nitrogen and oxygen atoms in total. The van der Waals surface area contributed by atoms with Crippen molar-refractivity contribution in [3.63, 3.8) is 0 Å². The smallest absolute Gasteiger partial charge is 0.253 e. The van der Waals surface area contributed by atoms with E-state index in [-0.39, 0.29) is 23.9 Å². The van der Waals surface area contributed by atoms with Crippen LogP contribution in [0.4, 0.5) is 10.1 Å². The molecule has 1 spiro atoms. The standard InChI is InChI=1S/C20H25FN4O2/c1-23-11-17(22-15-23)12-24-9-2-7-20(8-10-24)14-25(19(26)13-27-20)18-5-3-16(21)4-6-18/h3-6,11,15H,2,7-10,12-14H2,1H3. The zero-order chi connectivity index (χ0) is 18.9. The second kappa shape index (κ2) is 7.40. The number of halogens is 1. The minimum absolute atomic E-state index is 0.0678. The highest BCUT2D eigenvalue weighted by Gasteiger charge is 2.41. The molecule has 27 heavy (non-hydrogen) atoms. The monoisotopic (exact) mass is 372 g/mol. The first-order chi connectivity index (χ1) is 13.0. The maximum atomic E-state index is 13.2. The number of aromatic nitrogens is 2. The van der Waals surface area contributed by atoms with Crippen LogP contribution in [0.3, 0.4) is 0 Å². The summed E-state index contributed by atoms with van der Waals surface area (Å²) in [6, 6.07) is 6.12. The minimum atomic E-state index is -0.332. The molecule has 1 aromatic carbocycles. The van der Waals surface area contributed by atoms with E-state index in [4.69, 9.17) is 4.74 Å². The Bertz CT molecular complexity index is 807. The fourth-order valence-electron chi connectivity index (χ4n) is 4.03. The van der Waals surface area contributed by atoms with Crippen molar-refractivity contribution in [2.75, 3.05) is 31.1 Å². The molecule has 0 N–H and O–H groups in total. The van der Waals surface area contributed by atoms with Crippen LogP contribution < -0.4 is 4.90 Å². The Kier molecular flexibility index (Phi) is 4.97. The molecule has 2 fully saturated rings. The number of ether oxygens (including phenoxy) is 1. The zero-order valence-corrected chi connectivity index (χ0v) is 15.6. The number of aryl methyl sites for hydroxylation is 1. The van der Waals surface area contributed by atoms with Crippen LogP contribution >= 0.6 is 0 Å². The first-order valence-electron chi connectivity index (χ1n) is 9.42. The van der Waals surface area contributed by atoms with Crippen LogP contribution in [0, 0.1) is 5.82 Å². The van der Waals surface area contributed by atoms with Crippen molar-refractivity contribution in [1.29, 1.82) is 0 Å². The summed E-state index contributed by atoms with van der Waals surface area (Å²) in [5.41, 5.74) is 1.47. The molecule has 7 heteroatoms. The van der Waals surface area contributed by atoms with Crippen LogP contribution in [0.1, 0.15) is 25.0 Å². The first kappa shape index (κ1) is 18.1. The molecule has 3 heterocycles. The lowest BCUT2D eigenvalue weighted by Crippen LogP contribution is -2.55. The summed E-state index contributed by atoms with van der Waals surface area (Å²) < 4.78 is 21.3. The van der Waals surface area contributed by atoms with Gasteiger partial charge in [0.2, 0.25) is 0 Å². The van der Waals surface area contributed by atoms with Crippen molar-refractivity contribution in [3.8, 4) is 0 Å². The number of carbonyl (C=O) groups excluding carboxylic acids is 1. The van der Waals surface area contributed by atoms with E-state index in [0.717, 1.165) is 50.3 Å². The van der Waals surface area contributed by atoms with Gasteiger partial charge in [-0.1, -0.05) is 0 Å². The number of benzene rings is 1. The van der Waals surface area contributed by atoms with Gasteiger partial charge in [-0.25, -0.2) is 9.37 Å². The van der Waals surface area contributed by atoms with E-state index in [9.17, 15) is 9.18 Å². The summed E-state index contributed by atoms with van der Waals surface area (Å²) in [6.45, 7) is 3.33. The SMILES string of the molecule is Cn1cnc(CN2CCCC3(CC2)CN(c2ccc(F)cc2)C(=O)CO3)c1. The van der Waals surface area contributed by atoms with Gasteiger partial charge in [-0.2, -0.15) is 0 Å². The summed E-state index contributed by atoms with van der Waals surface area (Å²) in [7, 11) is 1.98. The lowest BCUT2D eigenvalue weighted by Gasteiger charge is -2.42. The van der Waals surface area contributed by atoms with Crippen LogP contribution in [-0.2, 0) is 23.1 Å². The number of nitrogens with zero attached hydrogens (tertiary/aromatic N) is 4. The number of hydrogen-bond acceptors (Lipinski definition) is 4. The Morgan fingerprint density at radius 1 is 1.22 bits per heavy atom. The molecule has 0 radical (unpaired) electrons. The van der Waals surface area contributed by atoms with Gasteiger partial charge in [0.1, 0.15) is 12.4 Å². The fourth-order valence-corrected chi connectivity index (χ4v) is 4.03. The van der Waals surface area contributed by atoms with Crippen molar-refractivity contribution in [2.45, 2.75) is 31.4 Å². The maximum absolute atomic E-state index is 13.2. The van der Waals surface area contributed by atoms with Gasteiger partial charge in [-0.15, -0.1) is 0 Å². The van der Waals surface area contributed by atoms with Crippen LogP contribution in [0.25, 0.3) is 0 Å². The predicted octanol–water partition coefficient (Wildman–Crippen LogP) is 2.35. The van der Waals surface area contributed by atoms with Gasteiger partial charge in [0, 0.05) is 32.0 Å². The minimum Gasteiger partial charge on any atom is -0.363 e. The normalized spacial score (nSPS) is 24.4. The van der Waals surface area contributed by atoms with Gasteiger partial charge < -0.3 is 14.2 Å². The van der Waals surface area contributed by atoms with E-state index in [1.165, 1.54) is 12.1 Å². The molecule has 2 aromatic rings. The molecule has 1 atom stereocenters. The average molecular weight is 372 g/mol. The molecule has 1 amide bonds. The number of likely N-dealkylation sites (tertiary alicyclic amines) is 1. The Morgan fingerprint density at radius 2 is 2.04 bits per heavy atom. The van der Waals surface area contributed by atoms with E-state index < -0.39 is 0 Å². The third-order valence-corrected chi connectivity index (χ3v) is 5.52. The second-order valence-electron chi connectivity index (χ2n) is 7.59. The predicted molar refractivity (Wildman–Crippen MR) is 99.8 cm³/mol. The van der Waals surface area contributed by atoms with Crippen molar-refractivity contribution >= 4 is 11.6 Å². The third-order valence-electron chi connectivity index (χ3n) is 5.52. The molecule has 0 bridgehead atoms. The van der Waals surface area contributed by atoms with Crippen LogP contribution in [0.5, 0.6) is 0 Å². The molecule has 1 unspecified atom stereocenters. The van der Waals surface area contributed by atoms with Gasteiger partial charge in [-0.05, 0) is 50.1 Å². The van der Waals surface area contributed by atoms with Gasteiger partial charge in [-0.3, -0.25) is 9.69 Å². The summed E-state index contributed by atoms with van der Waals surface area (Å²) in [6.07, 6.45) is 6.66. The number of carbonyl (C=O) groups is 1. The van der Waals surface area contributed by atoms with Gasteiger partial charge >= 0.3 is 0 Å². The molecule has 2 aliphatic heterocycles. The third kappa shape index (κ3) is 4.04. The number of hydrogen-bond donors (Lipinski definition) is 0. The Hall–Kier alpha value is -2.25. The zero-order valence-electron chi connectivity index (χ0n) is 15.6. The maximum Gasteiger partial charge on any atom is 0.253 e. The number of morpholine rings is 1. The van der Waals surface area contributed by atoms with Gasteiger partial charge in [0.25, 0.3) is 5.91 Å². The van der Waals surface area contributed by atoms with E-state index in [0.29, 0.717) is 6.54 Å². The van der Waals surface area contributed by atoms with E-state index >= 15 is 0 Å². The fraction of sp³-hybridized carbons (Fsp3) is 0.500. The van der Waals surface area contributed by atoms with Crippen molar-refractivity contribution in [2.24, 2.45) is 7.05 Å². The van der Waals surface area contributed by atoms with Crippen LogP contribution in [-0.4, -0.2) is 52.2 Å². The highest BCUT2D eigenvalue weighted by Crippen LogP contribution is 2.33. The Morgan fingerprint density at radius 3 is 2.78 bits per heavy atom. The highest BCUT2D eigenvalue weighted by atomic mass is 19.1. The molecule has 4 rings (SSSR count). The molecule has 2 saturated heterocycles. The quantitative estimate of drug-likeness (QED) is 0.830. The molecule has 1 aromatic heterocycles. The summed E-state index contributed by atoms with van der Waals surface area (Å²) in [5.74, 6) is -0.365. The number of imidazole rings is 1. The van der Waals surface area contributed by atoms with Gasteiger partial charge in [0.05, 0.1) is 24.2 Å². The van der Waals surface area contributed by atoms with Crippen molar-refractivity contribution in [3.05, 3.63) is 48.3 Å². The van der Waals surface area contributed by atoms with Gasteiger partial charge in [0.15, 0.2) is 0 Å². The summed E-state index contributed by atoms with van der Waals surface area (Å²) in [4.78, 5) is 21.0. The molecule has 2 aliphatic rings. The Balaban J connectivity index is 1.44. The number of rotatable bonds is 3. The van der Waals surface area contributed by atoms with Crippen LogP contribution in [0.15, 0.2) is 36.8 Å². The molecule has 0 aliphatic carbocycles. The average Bonchev–Trinajstić information content (AvgIpc) is 2.97. The lowest BCUT2D eigenvalue weighted by molar-refractivity contribution is -0.140. The van der Waals surface area contributed by atoms with E-state index in [2.05, 4.69) is 9.88 Å². The van der Waals surface area contributed by atoms with Crippen LogP contribution in [0.2, 0.25) is 0 Å². The molecular formula is C20H25FN4O2. The molecule has 144 valence electrons. The highest BCUT2D eigenvalue weighted by molar-refractivity contribution is 5.95. The van der Waals surface area contributed by atoms with Crippen molar-refractivity contribution in [1.82, 2.24) is 14.5 Å². The summed E-state index contributed by atoms with van der Waals surface area (Å²) >= 11 is 0. The van der Waals surface area contributed by atoms with E-state index in [1.54, 1.807) is 17.0 Å². The van der Waals surface area contributed by atoms with Crippen molar-refractivity contribution < 1.29 is 13.9 Å². The number of amides is 1. The number of anilines is 1. The first-order valence-corrected chi connectivity index (χ1v) is 9.42. The van der Waals surface area contributed by atoms with E-state index in [1.807, 2.05) is 24.1 Å². The second-order valence-corrected chi connectivity index (χ2v) is 7.59. The largest absolute Gasteiger partial charge is 0.363 e. The lowest BCUT2D eigenvalue weighted by atomic mass is 9.92. The molecular weight excluding hydrogens is 347 g/mol. The summed E-state index contributed by atoms with van der Waals surface area (Å²) in [5, 5.41) is 0.